The molecule has 2 heterocycles. The Morgan fingerprint density at radius 2 is 1.47 bits per heavy atom. The zero-order chi connectivity index (χ0) is 38.4. The van der Waals surface area contributed by atoms with Crippen molar-refractivity contribution in [3.8, 4) is 28.7 Å². The Morgan fingerprint density at radius 1 is 0.868 bits per heavy atom. The predicted molar refractivity (Wildman–Crippen MR) is 195 cm³/mol. The van der Waals surface area contributed by atoms with E-state index in [-0.39, 0.29) is 47.1 Å². The number of ether oxygens (including phenoxy) is 5. The highest BCUT2D eigenvalue weighted by molar-refractivity contribution is 7.89. The van der Waals surface area contributed by atoms with E-state index in [4.69, 9.17) is 23.7 Å². The van der Waals surface area contributed by atoms with E-state index in [1.165, 1.54) is 64.3 Å². The molecule has 5 rings (SSSR count). The van der Waals surface area contributed by atoms with Gasteiger partial charge in [0.15, 0.2) is 16.6 Å². The second-order valence-corrected chi connectivity index (χ2v) is 14.6. The van der Waals surface area contributed by atoms with Gasteiger partial charge in [-0.25, -0.2) is 17.8 Å². The first kappa shape index (κ1) is 39.1. The fourth-order valence-corrected chi connectivity index (χ4v) is 7.96. The molecule has 1 aliphatic rings. The summed E-state index contributed by atoms with van der Waals surface area (Å²) in [7, 11) is 2.88. The molecular formula is C38H44F2N4O8S. The fraction of sp³-hybridized carbons (Fsp3) is 0.368. The number of hydrogen-bond donors (Lipinski definition) is 1. The number of rotatable bonds is 15. The third-order valence-electron chi connectivity index (χ3n) is 9.40. The summed E-state index contributed by atoms with van der Waals surface area (Å²) in [5.41, 5.74) is 1.54. The van der Waals surface area contributed by atoms with Crippen LogP contribution in [-0.4, -0.2) is 71.7 Å². The lowest BCUT2D eigenvalue weighted by Crippen LogP contribution is -2.44. The van der Waals surface area contributed by atoms with Gasteiger partial charge in [0.25, 0.3) is 10.0 Å². The molecule has 2 unspecified atom stereocenters. The molecule has 53 heavy (non-hydrogen) atoms. The number of aromatic nitrogens is 1. The van der Waals surface area contributed by atoms with Crippen molar-refractivity contribution < 1.29 is 45.7 Å². The highest BCUT2D eigenvalue weighted by atomic mass is 32.2. The fourth-order valence-electron chi connectivity index (χ4n) is 6.61. The van der Waals surface area contributed by atoms with Gasteiger partial charge in [-0.05, 0) is 48.6 Å². The van der Waals surface area contributed by atoms with Gasteiger partial charge < -0.3 is 33.9 Å². The Bertz CT molecular complexity index is 1990. The predicted octanol–water partition coefficient (Wildman–Crippen LogP) is 6.28. The van der Waals surface area contributed by atoms with Crippen LogP contribution in [0.1, 0.15) is 31.4 Å². The SMILES string of the molecule is COc1ccc(CN(Cc2ccc(OC)cc2OC)S(=O)(=O)c2cc(NC(=O)C3C(C(C)C)CCN3c3ccc(F)c(F)c3OC)ccn2)c(OC)c1. The number of methoxy groups -OCH3 is 5. The first-order valence-corrected chi connectivity index (χ1v) is 18.3. The van der Waals surface area contributed by atoms with Crippen molar-refractivity contribution in [2.24, 2.45) is 11.8 Å². The highest BCUT2D eigenvalue weighted by Gasteiger charge is 2.42. The van der Waals surface area contributed by atoms with Crippen LogP contribution in [0.2, 0.25) is 0 Å². The molecular weight excluding hydrogens is 711 g/mol. The van der Waals surface area contributed by atoms with Gasteiger partial charge in [-0.1, -0.05) is 26.0 Å². The molecule has 12 nitrogen and oxygen atoms in total. The molecule has 0 saturated carbocycles. The van der Waals surface area contributed by atoms with Crippen LogP contribution in [-0.2, 0) is 27.9 Å². The summed E-state index contributed by atoms with van der Waals surface area (Å²) in [6.45, 7) is 4.12. The Kier molecular flexibility index (Phi) is 12.3. The first-order chi connectivity index (χ1) is 25.4. The summed E-state index contributed by atoms with van der Waals surface area (Å²) in [4.78, 5) is 20.0. The Balaban J connectivity index is 1.50. The van der Waals surface area contributed by atoms with Gasteiger partial charge in [-0.3, -0.25) is 4.79 Å². The zero-order valence-corrected chi connectivity index (χ0v) is 31.5. The van der Waals surface area contributed by atoms with E-state index in [2.05, 4.69) is 10.3 Å². The lowest BCUT2D eigenvalue weighted by molar-refractivity contribution is -0.118. The molecule has 1 N–H and O–H groups in total. The van der Waals surface area contributed by atoms with Crippen LogP contribution in [0.15, 0.2) is 71.9 Å². The molecule has 4 aromatic rings. The number of carbonyl (C=O) groups excluding carboxylic acids is 1. The van der Waals surface area contributed by atoms with Crippen molar-refractivity contribution in [1.29, 1.82) is 0 Å². The van der Waals surface area contributed by atoms with Crippen molar-refractivity contribution in [2.75, 3.05) is 52.3 Å². The maximum absolute atomic E-state index is 14.8. The van der Waals surface area contributed by atoms with Gasteiger partial charge in [-0.2, -0.15) is 8.70 Å². The third-order valence-corrected chi connectivity index (χ3v) is 11.1. The van der Waals surface area contributed by atoms with Crippen LogP contribution in [0.3, 0.4) is 0 Å². The van der Waals surface area contributed by atoms with Gasteiger partial charge in [0, 0.05) is 60.8 Å². The molecule has 0 aliphatic carbocycles. The summed E-state index contributed by atoms with van der Waals surface area (Å²) in [5.74, 6) is -1.18. The zero-order valence-electron chi connectivity index (χ0n) is 30.7. The van der Waals surface area contributed by atoms with Crippen molar-refractivity contribution in [3.05, 3.63) is 89.6 Å². The summed E-state index contributed by atoms with van der Waals surface area (Å²) in [6, 6.07) is 14.5. The smallest absolute Gasteiger partial charge is 0.261 e. The standard InChI is InChI=1S/C38H44F2N4O8S/c1-23(2)29-15-17-44(31-13-12-30(39)35(40)37(31)52-7)36(29)38(45)42-26-14-16-41-34(18-26)53(46,47)43(21-24-8-10-27(48-3)19-32(24)50-5)22-25-9-11-28(49-4)20-33(25)51-6/h8-14,16,18-20,23,29,36H,15,17,21-22H2,1-7H3,(H,41,42,45). The van der Waals surface area contributed by atoms with E-state index in [0.717, 1.165) is 6.07 Å². The molecule has 1 saturated heterocycles. The van der Waals surface area contributed by atoms with Crippen LogP contribution >= 0.6 is 0 Å². The van der Waals surface area contributed by atoms with Gasteiger partial charge in [-0.15, -0.1) is 0 Å². The lowest BCUT2D eigenvalue weighted by Gasteiger charge is -2.31. The van der Waals surface area contributed by atoms with E-state index >= 15 is 0 Å². The van der Waals surface area contributed by atoms with Crippen LogP contribution in [0.5, 0.6) is 28.7 Å². The molecule has 284 valence electrons. The highest BCUT2D eigenvalue weighted by Crippen LogP contribution is 2.41. The van der Waals surface area contributed by atoms with Crippen LogP contribution in [0.25, 0.3) is 0 Å². The molecule has 1 aliphatic heterocycles. The summed E-state index contributed by atoms with van der Waals surface area (Å²) in [5, 5.41) is 2.55. The number of pyridine rings is 1. The lowest BCUT2D eigenvalue weighted by atomic mass is 9.88. The summed E-state index contributed by atoms with van der Waals surface area (Å²) < 4.78 is 86.2. The van der Waals surface area contributed by atoms with Gasteiger partial charge in [0.05, 0.1) is 41.2 Å². The number of nitrogens with zero attached hydrogens (tertiary/aromatic N) is 3. The minimum atomic E-state index is -4.36. The second kappa shape index (κ2) is 16.7. The Labute approximate surface area is 308 Å². The molecule has 3 aromatic carbocycles. The summed E-state index contributed by atoms with van der Waals surface area (Å²) in [6.07, 6.45) is 1.90. The maximum Gasteiger partial charge on any atom is 0.261 e. The molecule has 2 atom stereocenters. The normalized spacial score (nSPS) is 15.8. The van der Waals surface area contributed by atoms with Gasteiger partial charge >= 0.3 is 0 Å². The Hall–Kier alpha value is -5.15. The number of anilines is 2. The van der Waals surface area contributed by atoms with Crippen LogP contribution in [0, 0.1) is 23.5 Å². The number of amides is 1. The van der Waals surface area contributed by atoms with E-state index in [1.807, 2.05) is 13.8 Å². The topological polar surface area (TPSA) is 129 Å². The summed E-state index contributed by atoms with van der Waals surface area (Å²) >= 11 is 0. The monoisotopic (exact) mass is 754 g/mol. The van der Waals surface area contributed by atoms with Crippen LogP contribution in [0.4, 0.5) is 20.2 Å². The number of halogens is 2. The van der Waals surface area contributed by atoms with E-state index in [1.54, 1.807) is 41.3 Å². The van der Waals surface area contributed by atoms with Gasteiger partial charge in [0.1, 0.15) is 29.0 Å². The molecule has 1 aromatic heterocycles. The first-order valence-electron chi connectivity index (χ1n) is 16.8. The number of benzene rings is 3. The molecule has 1 amide bonds. The second-order valence-electron chi connectivity index (χ2n) is 12.7. The Morgan fingerprint density at radius 3 is 2.00 bits per heavy atom. The van der Waals surface area contributed by atoms with Crippen molar-refractivity contribution in [3.63, 3.8) is 0 Å². The third kappa shape index (κ3) is 8.25. The minimum Gasteiger partial charge on any atom is -0.497 e. The number of carbonyl (C=O) groups is 1. The van der Waals surface area contributed by atoms with Crippen molar-refractivity contribution in [1.82, 2.24) is 9.29 Å². The average molecular weight is 755 g/mol. The molecule has 0 spiro atoms. The number of sulfonamides is 1. The maximum atomic E-state index is 14.8. The molecule has 0 radical (unpaired) electrons. The molecule has 1 fully saturated rings. The largest absolute Gasteiger partial charge is 0.497 e. The molecule has 15 heteroatoms. The molecule has 0 bridgehead atoms. The average Bonchev–Trinajstić information content (AvgIpc) is 3.61. The number of hydrogen-bond acceptors (Lipinski definition) is 10. The van der Waals surface area contributed by atoms with E-state index in [9.17, 15) is 22.0 Å². The number of nitrogens with one attached hydrogen (secondary N) is 1. The van der Waals surface area contributed by atoms with Crippen LogP contribution < -0.4 is 33.9 Å². The van der Waals surface area contributed by atoms with Gasteiger partial charge in [0.2, 0.25) is 11.7 Å². The van der Waals surface area contributed by atoms with Crippen molar-refractivity contribution >= 4 is 27.3 Å². The minimum absolute atomic E-state index is 0.0545. The van der Waals surface area contributed by atoms with E-state index in [0.29, 0.717) is 47.1 Å². The van der Waals surface area contributed by atoms with E-state index < -0.39 is 33.6 Å². The quantitative estimate of drug-likeness (QED) is 0.148. The van der Waals surface area contributed by atoms with Crippen molar-refractivity contribution in [2.45, 2.75) is 44.4 Å².